The number of halogens is 2. The molecule has 44 heavy (non-hydrogen) atoms. The standard InChI is InChI=1S/C34H35F2N3O4S/c1-25(2)22-37-34(41)32(21-26-9-5-3-6-10-26)38(23-27-13-15-28(35)16-14-27)33(40)24-39(30-11-7-4-8-12-30)44(42,43)31-19-17-29(36)18-20-31/h3-20,25,32H,21-24H2,1-2H3,(H,37,41)/t32-/m0/s1. The van der Waals surface area contributed by atoms with Gasteiger partial charge in [-0.25, -0.2) is 17.2 Å². The van der Waals surface area contributed by atoms with Crippen molar-refractivity contribution in [1.82, 2.24) is 10.2 Å². The van der Waals surface area contributed by atoms with E-state index in [0.29, 0.717) is 12.1 Å². The molecule has 2 amide bonds. The van der Waals surface area contributed by atoms with Crippen molar-refractivity contribution >= 4 is 27.5 Å². The van der Waals surface area contributed by atoms with Crippen LogP contribution >= 0.6 is 0 Å². The van der Waals surface area contributed by atoms with Crippen molar-refractivity contribution in [2.24, 2.45) is 5.92 Å². The average Bonchev–Trinajstić information content (AvgIpc) is 3.02. The van der Waals surface area contributed by atoms with Crippen LogP contribution in [0.1, 0.15) is 25.0 Å². The number of rotatable bonds is 13. The highest BCUT2D eigenvalue weighted by atomic mass is 32.2. The maximum atomic E-state index is 14.3. The molecule has 0 aromatic heterocycles. The molecule has 10 heteroatoms. The number of anilines is 1. The van der Waals surface area contributed by atoms with Crippen LogP contribution in [-0.2, 0) is 32.6 Å². The zero-order chi connectivity index (χ0) is 31.7. The Kier molecular flexibility index (Phi) is 10.8. The summed E-state index contributed by atoms with van der Waals surface area (Å²) in [6.45, 7) is 3.55. The molecule has 4 rings (SSSR count). The predicted molar refractivity (Wildman–Crippen MR) is 166 cm³/mol. The fourth-order valence-electron chi connectivity index (χ4n) is 4.62. The molecule has 0 saturated heterocycles. The first-order valence-corrected chi connectivity index (χ1v) is 15.7. The minimum absolute atomic E-state index is 0.0784. The van der Waals surface area contributed by atoms with Gasteiger partial charge in [0.15, 0.2) is 0 Å². The van der Waals surface area contributed by atoms with Crippen LogP contribution in [0.5, 0.6) is 0 Å². The van der Waals surface area contributed by atoms with Crippen LogP contribution in [0, 0.1) is 17.6 Å². The second-order valence-electron chi connectivity index (χ2n) is 10.8. The molecule has 0 fully saturated rings. The summed E-state index contributed by atoms with van der Waals surface area (Å²) in [5.41, 5.74) is 1.57. The van der Waals surface area contributed by atoms with Gasteiger partial charge in [0.05, 0.1) is 10.6 Å². The number of nitrogens with one attached hydrogen (secondary N) is 1. The maximum absolute atomic E-state index is 14.3. The van der Waals surface area contributed by atoms with Gasteiger partial charge < -0.3 is 10.2 Å². The van der Waals surface area contributed by atoms with Crippen LogP contribution in [0.15, 0.2) is 114 Å². The van der Waals surface area contributed by atoms with Crippen molar-refractivity contribution in [3.63, 3.8) is 0 Å². The molecule has 230 valence electrons. The van der Waals surface area contributed by atoms with Gasteiger partial charge in [-0.3, -0.25) is 13.9 Å². The molecule has 0 radical (unpaired) electrons. The van der Waals surface area contributed by atoms with Crippen LogP contribution in [0.2, 0.25) is 0 Å². The Morgan fingerprint density at radius 3 is 1.86 bits per heavy atom. The number of benzene rings is 4. The number of hydrogen-bond acceptors (Lipinski definition) is 4. The van der Waals surface area contributed by atoms with E-state index >= 15 is 0 Å². The van der Waals surface area contributed by atoms with E-state index in [-0.39, 0.29) is 29.5 Å². The van der Waals surface area contributed by atoms with Gasteiger partial charge in [0.25, 0.3) is 10.0 Å². The predicted octanol–water partition coefficient (Wildman–Crippen LogP) is 5.57. The summed E-state index contributed by atoms with van der Waals surface area (Å²) in [6.07, 6.45) is 0.160. The number of carbonyl (C=O) groups is 2. The first kappa shape index (κ1) is 32.3. The fourth-order valence-corrected chi connectivity index (χ4v) is 6.03. The molecule has 7 nitrogen and oxygen atoms in total. The lowest BCUT2D eigenvalue weighted by atomic mass is 10.0. The molecule has 0 heterocycles. The number of para-hydroxylation sites is 1. The number of nitrogens with zero attached hydrogens (tertiary/aromatic N) is 2. The third-order valence-corrected chi connectivity index (χ3v) is 8.73. The third-order valence-electron chi connectivity index (χ3n) is 6.95. The fraction of sp³-hybridized carbons (Fsp3) is 0.235. The summed E-state index contributed by atoms with van der Waals surface area (Å²) in [6, 6.07) is 26.2. The number of amides is 2. The Bertz CT molecular complexity index is 1630. The van der Waals surface area contributed by atoms with Crippen LogP contribution in [-0.4, -0.2) is 44.3 Å². The lowest BCUT2D eigenvalue weighted by Gasteiger charge is -2.34. The summed E-state index contributed by atoms with van der Waals surface area (Å²) in [5.74, 6) is -1.96. The molecule has 4 aromatic carbocycles. The van der Waals surface area contributed by atoms with Gasteiger partial charge in [-0.05, 0) is 65.6 Å². The van der Waals surface area contributed by atoms with Gasteiger partial charge >= 0.3 is 0 Å². The molecule has 0 aliphatic carbocycles. The van der Waals surface area contributed by atoms with E-state index < -0.39 is 46.1 Å². The molecule has 0 spiro atoms. The van der Waals surface area contributed by atoms with E-state index in [1.807, 2.05) is 44.2 Å². The van der Waals surface area contributed by atoms with Crippen molar-refractivity contribution in [1.29, 1.82) is 0 Å². The van der Waals surface area contributed by atoms with Gasteiger partial charge in [-0.1, -0.05) is 74.5 Å². The first-order valence-electron chi connectivity index (χ1n) is 14.2. The van der Waals surface area contributed by atoms with Crippen LogP contribution < -0.4 is 9.62 Å². The average molecular weight is 620 g/mol. The Labute approximate surface area is 257 Å². The zero-order valence-electron chi connectivity index (χ0n) is 24.6. The summed E-state index contributed by atoms with van der Waals surface area (Å²) in [5, 5.41) is 2.92. The minimum Gasteiger partial charge on any atom is -0.354 e. The van der Waals surface area contributed by atoms with E-state index in [9.17, 15) is 26.8 Å². The second-order valence-corrected chi connectivity index (χ2v) is 12.7. The monoisotopic (exact) mass is 619 g/mol. The van der Waals surface area contributed by atoms with Gasteiger partial charge in [-0.15, -0.1) is 0 Å². The first-order chi connectivity index (χ1) is 21.0. The molecular formula is C34H35F2N3O4S. The minimum atomic E-state index is -4.34. The quantitative estimate of drug-likeness (QED) is 0.212. The van der Waals surface area contributed by atoms with Crippen LogP contribution in [0.4, 0.5) is 14.5 Å². The molecule has 0 saturated carbocycles. The molecule has 1 atom stereocenters. The molecular weight excluding hydrogens is 584 g/mol. The highest BCUT2D eigenvalue weighted by Crippen LogP contribution is 2.25. The van der Waals surface area contributed by atoms with Gasteiger partial charge in [0, 0.05) is 19.5 Å². The molecule has 0 bridgehead atoms. The Morgan fingerprint density at radius 2 is 1.30 bits per heavy atom. The van der Waals surface area contributed by atoms with Crippen molar-refractivity contribution < 1.29 is 26.8 Å². The highest BCUT2D eigenvalue weighted by Gasteiger charge is 2.34. The Hall–Kier alpha value is -4.57. The molecule has 0 aliphatic heterocycles. The smallest absolute Gasteiger partial charge is 0.264 e. The Balaban J connectivity index is 1.77. The van der Waals surface area contributed by atoms with Gasteiger partial charge in [0.2, 0.25) is 11.8 Å². The van der Waals surface area contributed by atoms with E-state index in [1.54, 1.807) is 30.3 Å². The van der Waals surface area contributed by atoms with Crippen molar-refractivity contribution in [3.05, 3.63) is 132 Å². The summed E-state index contributed by atoms with van der Waals surface area (Å²) < 4.78 is 56.2. The highest BCUT2D eigenvalue weighted by molar-refractivity contribution is 7.92. The normalized spacial score (nSPS) is 12.0. The van der Waals surface area contributed by atoms with Crippen molar-refractivity contribution in [3.8, 4) is 0 Å². The van der Waals surface area contributed by atoms with Crippen LogP contribution in [0.3, 0.4) is 0 Å². The third kappa shape index (κ3) is 8.50. The molecule has 4 aromatic rings. The van der Waals surface area contributed by atoms with E-state index in [4.69, 9.17) is 0 Å². The molecule has 1 N–H and O–H groups in total. The number of carbonyl (C=O) groups excluding carboxylic acids is 2. The zero-order valence-corrected chi connectivity index (χ0v) is 25.4. The number of hydrogen-bond donors (Lipinski definition) is 1. The van der Waals surface area contributed by atoms with E-state index in [1.165, 1.54) is 29.2 Å². The van der Waals surface area contributed by atoms with Crippen molar-refractivity contribution in [2.75, 3.05) is 17.4 Å². The summed E-state index contributed by atoms with van der Waals surface area (Å²) in [7, 11) is -4.34. The van der Waals surface area contributed by atoms with Gasteiger partial charge in [0.1, 0.15) is 24.2 Å². The van der Waals surface area contributed by atoms with Gasteiger partial charge in [-0.2, -0.15) is 0 Å². The lowest BCUT2D eigenvalue weighted by molar-refractivity contribution is -0.140. The largest absolute Gasteiger partial charge is 0.354 e. The second kappa shape index (κ2) is 14.7. The van der Waals surface area contributed by atoms with Crippen molar-refractivity contribution in [2.45, 2.75) is 37.8 Å². The van der Waals surface area contributed by atoms with Crippen LogP contribution in [0.25, 0.3) is 0 Å². The van der Waals surface area contributed by atoms with E-state index in [2.05, 4.69) is 5.32 Å². The molecule has 0 aliphatic rings. The maximum Gasteiger partial charge on any atom is 0.264 e. The number of sulfonamides is 1. The topological polar surface area (TPSA) is 86.8 Å². The SMILES string of the molecule is CC(C)CNC(=O)[C@H](Cc1ccccc1)N(Cc1ccc(F)cc1)C(=O)CN(c1ccccc1)S(=O)(=O)c1ccc(F)cc1. The molecule has 0 unspecified atom stereocenters. The Morgan fingerprint density at radius 1 is 0.750 bits per heavy atom. The lowest BCUT2D eigenvalue weighted by Crippen LogP contribution is -2.53. The summed E-state index contributed by atoms with van der Waals surface area (Å²) in [4.78, 5) is 29.2. The van der Waals surface area contributed by atoms with E-state index in [0.717, 1.165) is 34.1 Å². The summed E-state index contributed by atoms with van der Waals surface area (Å²) >= 11 is 0.